The van der Waals surface area contributed by atoms with Crippen molar-refractivity contribution in [1.82, 2.24) is 19.5 Å². The predicted molar refractivity (Wildman–Crippen MR) is 108 cm³/mol. The van der Waals surface area contributed by atoms with Crippen molar-refractivity contribution >= 4 is 40.2 Å². The second kappa shape index (κ2) is 8.85. The number of rotatable bonds is 9. The molecule has 1 aromatic carbocycles. The van der Waals surface area contributed by atoms with Crippen LogP contribution < -0.4 is 10.6 Å². The molecule has 0 bridgehead atoms. The summed E-state index contributed by atoms with van der Waals surface area (Å²) in [7, 11) is 0. The van der Waals surface area contributed by atoms with Gasteiger partial charge in [0.15, 0.2) is 17.0 Å². The molecule has 0 aliphatic heterocycles. The van der Waals surface area contributed by atoms with Crippen LogP contribution in [0, 0.1) is 0 Å². The van der Waals surface area contributed by atoms with E-state index in [9.17, 15) is 0 Å². The Morgan fingerprint density at radius 1 is 1.12 bits per heavy atom. The van der Waals surface area contributed by atoms with E-state index in [1.807, 2.05) is 28.8 Å². The van der Waals surface area contributed by atoms with E-state index in [0.717, 1.165) is 36.4 Å². The van der Waals surface area contributed by atoms with Gasteiger partial charge >= 0.3 is 0 Å². The second-order valence-electron chi connectivity index (χ2n) is 6.22. The number of aromatic nitrogens is 4. The molecule has 26 heavy (non-hydrogen) atoms. The first kappa shape index (κ1) is 18.5. The van der Waals surface area contributed by atoms with E-state index in [1.165, 1.54) is 19.3 Å². The summed E-state index contributed by atoms with van der Waals surface area (Å²) in [5, 5.41) is 7.34. The number of hydrogen-bond acceptors (Lipinski definition) is 5. The van der Waals surface area contributed by atoms with Crippen molar-refractivity contribution in [3.63, 3.8) is 0 Å². The maximum absolute atomic E-state index is 6.09. The molecule has 0 amide bonds. The number of aryl methyl sites for hydroxylation is 1. The van der Waals surface area contributed by atoms with Crippen molar-refractivity contribution in [2.24, 2.45) is 0 Å². The van der Waals surface area contributed by atoms with Gasteiger partial charge in [-0.25, -0.2) is 4.98 Å². The molecule has 3 aromatic rings. The molecule has 0 saturated carbocycles. The molecule has 138 valence electrons. The van der Waals surface area contributed by atoms with Crippen LogP contribution in [0.1, 0.15) is 39.5 Å². The summed E-state index contributed by atoms with van der Waals surface area (Å²) in [5.41, 5.74) is 2.45. The third kappa shape index (κ3) is 4.43. The van der Waals surface area contributed by atoms with E-state index >= 15 is 0 Å². The van der Waals surface area contributed by atoms with Crippen LogP contribution in [0.2, 0.25) is 5.02 Å². The minimum absolute atomic E-state index is 0.619. The Hall–Kier alpha value is -2.34. The van der Waals surface area contributed by atoms with Crippen molar-refractivity contribution < 1.29 is 0 Å². The molecule has 2 N–H and O–H groups in total. The quantitative estimate of drug-likeness (QED) is 0.503. The van der Waals surface area contributed by atoms with Crippen LogP contribution in [-0.4, -0.2) is 26.1 Å². The smallest absolute Gasteiger partial charge is 0.226 e. The van der Waals surface area contributed by atoms with Crippen molar-refractivity contribution in [3.8, 4) is 0 Å². The lowest BCUT2D eigenvalue weighted by atomic mass is 10.2. The number of benzene rings is 1. The highest BCUT2D eigenvalue weighted by Crippen LogP contribution is 2.25. The number of anilines is 3. The fourth-order valence-corrected chi connectivity index (χ4v) is 2.99. The Morgan fingerprint density at radius 3 is 2.77 bits per heavy atom. The maximum atomic E-state index is 6.09. The predicted octanol–water partition coefficient (Wildman–Crippen LogP) is 5.24. The molecule has 0 unspecified atom stereocenters. The summed E-state index contributed by atoms with van der Waals surface area (Å²) in [6, 6.07) is 7.57. The molecule has 0 aliphatic carbocycles. The first-order chi connectivity index (χ1) is 12.7. The zero-order chi connectivity index (χ0) is 18.4. The average molecular weight is 373 g/mol. The van der Waals surface area contributed by atoms with Crippen LogP contribution in [0.4, 0.5) is 17.5 Å². The van der Waals surface area contributed by atoms with Gasteiger partial charge in [-0.05, 0) is 31.5 Å². The number of hydrogen-bond donors (Lipinski definition) is 2. The molecule has 0 radical (unpaired) electrons. The maximum Gasteiger partial charge on any atom is 0.226 e. The van der Waals surface area contributed by atoms with Crippen molar-refractivity contribution in [3.05, 3.63) is 35.6 Å². The number of nitrogens with zero attached hydrogens (tertiary/aromatic N) is 4. The highest BCUT2D eigenvalue weighted by atomic mass is 35.5. The van der Waals surface area contributed by atoms with Crippen LogP contribution in [0.25, 0.3) is 11.2 Å². The molecular weight excluding hydrogens is 348 g/mol. The summed E-state index contributed by atoms with van der Waals surface area (Å²) in [5.74, 6) is 1.30. The Labute approximate surface area is 159 Å². The molecule has 0 atom stereocenters. The summed E-state index contributed by atoms with van der Waals surface area (Å²) in [6.07, 6.45) is 6.61. The topological polar surface area (TPSA) is 67.7 Å². The average Bonchev–Trinajstić information content (AvgIpc) is 3.05. The van der Waals surface area contributed by atoms with Gasteiger partial charge in [-0.1, -0.05) is 43.9 Å². The molecule has 7 heteroatoms. The van der Waals surface area contributed by atoms with Crippen molar-refractivity contribution in [2.45, 2.75) is 46.1 Å². The SMILES string of the molecule is CCCCCCNc1nc(Nc2cccc(Cl)c2)c2ncn(CC)c2n1. The highest BCUT2D eigenvalue weighted by molar-refractivity contribution is 6.30. The van der Waals surface area contributed by atoms with Gasteiger partial charge in [-0.3, -0.25) is 0 Å². The van der Waals surface area contributed by atoms with E-state index < -0.39 is 0 Å². The third-order valence-corrected chi connectivity index (χ3v) is 4.44. The summed E-state index contributed by atoms with van der Waals surface area (Å²) < 4.78 is 2.02. The summed E-state index contributed by atoms with van der Waals surface area (Å²) in [4.78, 5) is 13.8. The Balaban J connectivity index is 1.86. The third-order valence-electron chi connectivity index (χ3n) is 4.21. The molecule has 0 aliphatic rings. The lowest BCUT2D eigenvalue weighted by Crippen LogP contribution is -2.08. The zero-order valence-corrected chi connectivity index (χ0v) is 16.1. The summed E-state index contributed by atoms with van der Waals surface area (Å²) in [6.45, 7) is 5.96. The number of fused-ring (bicyclic) bond motifs is 1. The highest BCUT2D eigenvalue weighted by Gasteiger charge is 2.13. The summed E-state index contributed by atoms with van der Waals surface area (Å²) >= 11 is 6.09. The van der Waals surface area contributed by atoms with Gasteiger partial charge in [0.05, 0.1) is 6.33 Å². The minimum Gasteiger partial charge on any atom is -0.354 e. The van der Waals surface area contributed by atoms with Crippen LogP contribution in [0.15, 0.2) is 30.6 Å². The van der Waals surface area contributed by atoms with Crippen LogP contribution in [-0.2, 0) is 6.54 Å². The monoisotopic (exact) mass is 372 g/mol. The van der Waals surface area contributed by atoms with E-state index in [-0.39, 0.29) is 0 Å². The number of imidazole rings is 1. The number of nitrogens with one attached hydrogen (secondary N) is 2. The van der Waals surface area contributed by atoms with Gasteiger partial charge in [-0.15, -0.1) is 0 Å². The normalized spacial score (nSPS) is 11.0. The van der Waals surface area contributed by atoms with Gasteiger partial charge in [0, 0.05) is 23.8 Å². The number of halogens is 1. The van der Waals surface area contributed by atoms with E-state index in [0.29, 0.717) is 16.8 Å². The van der Waals surface area contributed by atoms with Crippen LogP contribution in [0.5, 0.6) is 0 Å². The van der Waals surface area contributed by atoms with Crippen molar-refractivity contribution in [2.75, 3.05) is 17.2 Å². The lowest BCUT2D eigenvalue weighted by Gasteiger charge is -2.10. The molecular formula is C19H25ClN6. The van der Waals surface area contributed by atoms with Gasteiger partial charge in [0.1, 0.15) is 0 Å². The van der Waals surface area contributed by atoms with E-state index in [2.05, 4.69) is 39.4 Å². The largest absolute Gasteiger partial charge is 0.354 e. The fraction of sp³-hybridized carbons (Fsp3) is 0.421. The first-order valence-electron chi connectivity index (χ1n) is 9.20. The van der Waals surface area contributed by atoms with E-state index in [1.54, 1.807) is 6.33 Å². The van der Waals surface area contributed by atoms with Gasteiger partial charge < -0.3 is 15.2 Å². The molecule has 3 rings (SSSR count). The molecule has 0 spiro atoms. The first-order valence-corrected chi connectivity index (χ1v) is 9.58. The molecule has 2 heterocycles. The van der Waals surface area contributed by atoms with Gasteiger partial charge in [-0.2, -0.15) is 9.97 Å². The fourth-order valence-electron chi connectivity index (χ4n) is 2.80. The van der Waals surface area contributed by atoms with Crippen LogP contribution in [0.3, 0.4) is 0 Å². The van der Waals surface area contributed by atoms with Crippen molar-refractivity contribution in [1.29, 1.82) is 0 Å². The Bertz CT molecular complexity index is 860. The standard InChI is InChI=1S/C19H25ClN6/c1-3-5-6-7-11-21-19-24-17(23-15-10-8-9-14(20)12-15)16-18(25-19)26(4-2)13-22-16/h8-10,12-13H,3-7,11H2,1-2H3,(H2,21,23,24,25). The number of unbranched alkanes of at least 4 members (excludes halogenated alkanes) is 3. The van der Waals surface area contributed by atoms with Crippen LogP contribution >= 0.6 is 11.6 Å². The Morgan fingerprint density at radius 2 is 2.00 bits per heavy atom. The van der Waals surface area contributed by atoms with E-state index in [4.69, 9.17) is 11.6 Å². The molecule has 6 nitrogen and oxygen atoms in total. The van der Waals surface area contributed by atoms with Gasteiger partial charge in [0.25, 0.3) is 0 Å². The second-order valence-corrected chi connectivity index (χ2v) is 6.66. The minimum atomic E-state index is 0.619. The van der Waals surface area contributed by atoms with Gasteiger partial charge in [0.2, 0.25) is 5.95 Å². The molecule has 2 aromatic heterocycles. The molecule has 0 fully saturated rings. The lowest BCUT2D eigenvalue weighted by molar-refractivity contribution is 0.683. The zero-order valence-electron chi connectivity index (χ0n) is 15.3. The Kier molecular flexibility index (Phi) is 6.28. The molecule has 0 saturated heterocycles.